The average Bonchev–Trinajstić information content (AvgIpc) is 3.34. The Labute approximate surface area is 164 Å². The molecule has 0 spiro atoms. The van der Waals surface area contributed by atoms with Crippen molar-refractivity contribution in [1.29, 1.82) is 0 Å². The van der Waals surface area contributed by atoms with Crippen molar-refractivity contribution in [2.45, 2.75) is 44.4 Å². The Balaban J connectivity index is 1.49. The van der Waals surface area contributed by atoms with Crippen molar-refractivity contribution in [3.63, 3.8) is 0 Å². The predicted octanol–water partition coefficient (Wildman–Crippen LogP) is 3.26. The highest BCUT2D eigenvalue weighted by atomic mass is 16.5. The quantitative estimate of drug-likeness (QED) is 0.800. The number of carbonyl (C=O) groups excluding carboxylic acids is 1. The van der Waals surface area contributed by atoms with E-state index in [-0.39, 0.29) is 18.2 Å². The molecular weight excluding hydrogens is 356 g/mol. The summed E-state index contributed by atoms with van der Waals surface area (Å²) in [6.07, 6.45) is 8.16. The van der Waals surface area contributed by atoms with Crippen molar-refractivity contribution in [3.05, 3.63) is 47.8 Å². The van der Waals surface area contributed by atoms with Gasteiger partial charge >= 0.3 is 6.03 Å². The van der Waals surface area contributed by atoms with Crippen LogP contribution in [0.4, 0.5) is 10.5 Å². The third-order valence-corrected chi connectivity index (χ3v) is 5.48. The van der Waals surface area contributed by atoms with Crippen molar-refractivity contribution < 1.29 is 14.3 Å². The number of ether oxygens (including phenoxy) is 2. The van der Waals surface area contributed by atoms with E-state index >= 15 is 0 Å². The Morgan fingerprint density at radius 1 is 1.25 bits per heavy atom. The molecule has 28 heavy (non-hydrogen) atoms. The van der Waals surface area contributed by atoms with E-state index in [1.165, 1.54) is 12.8 Å². The zero-order valence-corrected chi connectivity index (χ0v) is 16.1. The fourth-order valence-corrected chi connectivity index (χ4v) is 3.88. The van der Waals surface area contributed by atoms with Crippen molar-refractivity contribution in [2.24, 2.45) is 0 Å². The highest BCUT2D eigenvalue weighted by Gasteiger charge is 2.31. The maximum absolute atomic E-state index is 12.5. The van der Waals surface area contributed by atoms with E-state index in [4.69, 9.17) is 15.2 Å². The highest BCUT2D eigenvalue weighted by Crippen LogP contribution is 2.35. The van der Waals surface area contributed by atoms with Crippen molar-refractivity contribution in [1.82, 2.24) is 15.2 Å². The first-order chi connectivity index (χ1) is 13.6. The summed E-state index contributed by atoms with van der Waals surface area (Å²) < 4.78 is 11.7. The molecule has 2 aliphatic rings. The number of benzene rings is 1. The lowest BCUT2D eigenvalue weighted by Gasteiger charge is -2.19. The molecule has 0 bridgehead atoms. The smallest absolute Gasteiger partial charge is 0.318 e. The second kappa shape index (κ2) is 7.96. The average molecular weight is 382 g/mol. The van der Waals surface area contributed by atoms with Gasteiger partial charge in [0, 0.05) is 30.2 Å². The number of rotatable bonds is 6. The Bertz CT molecular complexity index is 851. The molecule has 148 valence electrons. The first kappa shape index (κ1) is 18.4. The van der Waals surface area contributed by atoms with Crippen LogP contribution in [0.5, 0.6) is 11.5 Å². The van der Waals surface area contributed by atoms with Crippen molar-refractivity contribution in [2.75, 3.05) is 19.4 Å². The highest BCUT2D eigenvalue weighted by molar-refractivity contribution is 5.77. The zero-order chi connectivity index (χ0) is 19.5. The second-order valence-electron chi connectivity index (χ2n) is 7.39. The number of nitrogens with one attached hydrogen (secondary N) is 1. The van der Waals surface area contributed by atoms with Gasteiger partial charge in [0.15, 0.2) is 11.5 Å². The van der Waals surface area contributed by atoms with Crippen LogP contribution >= 0.6 is 0 Å². The van der Waals surface area contributed by atoms with E-state index < -0.39 is 0 Å². The minimum atomic E-state index is -0.109. The van der Waals surface area contributed by atoms with E-state index in [2.05, 4.69) is 10.3 Å². The molecule has 1 saturated carbocycles. The van der Waals surface area contributed by atoms with Gasteiger partial charge in [0.25, 0.3) is 0 Å². The predicted molar refractivity (Wildman–Crippen MR) is 106 cm³/mol. The van der Waals surface area contributed by atoms with Gasteiger partial charge < -0.3 is 25.4 Å². The van der Waals surface area contributed by atoms with Crippen molar-refractivity contribution in [3.8, 4) is 11.5 Å². The molecule has 7 heteroatoms. The summed E-state index contributed by atoms with van der Waals surface area (Å²) >= 11 is 0. The summed E-state index contributed by atoms with van der Waals surface area (Å²) in [6.45, 7) is 0.992. The van der Waals surface area contributed by atoms with Gasteiger partial charge in [0.1, 0.15) is 0 Å². The number of nitrogen functional groups attached to an aromatic ring is 1. The van der Waals surface area contributed by atoms with Crippen LogP contribution in [0, 0.1) is 0 Å². The van der Waals surface area contributed by atoms with Crippen LogP contribution in [0.3, 0.4) is 0 Å². The van der Waals surface area contributed by atoms with Crippen LogP contribution in [0.1, 0.15) is 42.9 Å². The molecular formula is C21H26N4O3. The van der Waals surface area contributed by atoms with E-state index in [9.17, 15) is 4.79 Å². The number of anilines is 1. The van der Waals surface area contributed by atoms with Crippen LogP contribution in [0.2, 0.25) is 0 Å². The first-order valence-corrected chi connectivity index (χ1v) is 9.72. The molecule has 3 N–H and O–H groups in total. The molecule has 2 heterocycles. The summed E-state index contributed by atoms with van der Waals surface area (Å²) in [4.78, 5) is 18.3. The molecule has 1 atom stereocenters. The zero-order valence-electron chi connectivity index (χ0n) is 16.1. The maximum atomic E-state index is 12.5. The van der Waals surface area contributed by atoms with Gasteiger partial charge in [-0.05, 0) is 49.4 Å². The van der Waals surface area contributed by atoms with Crippen LogP contribution in [0.25, 0.3) is 0 Å². The van der Waals surface area contributed by atoms with Crippen LogP contribution in [-0.4, -0.2) is 35.7 Å². The Morgan fingerprint density at radius 3 is 2.82 bits per heavy atom. The second-order valence-corrected chi connectivity index (χ2v) is 7.39. The Hall–Kier alpha value is -2.96. The standard InChI is InChI=1S/C21H26N4O3/c1-27-19-7-6-14(10-20(19)28-16-4-2-3-5-16)18-13-25(21(26)24-18)12-15-11-23-9-8-17(15)22/h6-11,16,18H,2-5,12-13H2,1H3,(H2,22,23)(H,24,26). The first-order valence-electron chi connectivity index (χ1n) is 9.72. The third-order valence-electron chi connectivity index (χ3n) is 5.48. The van der Waals surface area contributed by atoms with Crippen LogP contribution in [-0.2, 0) is 6.54 Å². The largest absolute Gasteiger partial charge is 0.493 e. The summed E-state index contributed by atoms with van der Waals surface area (Å²) in [5.74, 6) is 1.47. The van der Waals surface area contributed by atoms with Gasteiger partial charge in [-0.25, -0.2) is 4.79 Å². The maximum Gasteiger partial charge on any atom is 0.318 e. The van der Waals surface area contributed by atoms with E-state index in [1.54, 1.807) is 30.5 Å². The molecule has 7 nitrogen and oxygen atoms in total. The molecule has 1 saturated heterocycles. The summed E-state index contributed by atoms with van der Waals surface area (Å²) in [5, 5.41) is 3.05. The molecule has 1 aromatic heterocycles. The lowest BCUT2D eigenvalue weighted by molar-refractivity contribution is 0.200. The van der Waals surface area contributed by atoms with Gasteiger partial charge in [-0.2, -0.15) is 0 Å². The van der Waals surface area contributed by atoms with Gasteiger partial charge in [-0.15, -0.1) is 0 Å². The molecule has 2 amide bonds. The molecule has 4 rings (SSSR count). The topological polar surface area (TPSA) is 89.7 Å². The molecule has 1 unspecified atom stereocenters. The fraction of sp³-hybridized carbons (Fsp3) is 0.429. The van der Waals surface area contributed by atoms with E-state index in [0.29, 0.717) is 18.8 Å². The minimum absolute atomic E-state index is 0.109. The molecule has 1 aliphatic carbocycles. The third kappa shape index (κ3) is 3.83. The van der Waals surface area contributed by atoms with E-state index in [0.717, 1.165) is 35.5 Å². The van der Waals surface area contributed by atoms with Crippen LogP contribution < -0.4 is 20.5 Å². The Morgan fingerprint density at radius 2 is 2.07 bits per heavy atom. The van der Waals surface area contributed by atoms with Crippen molar-refractivity contribution >= 4 is 11.7 Å². The van der Waals surface area contributed by atoms with Gasteiger partial charge in [-0.3, -0.25) is 4.98 Å². The number of urea groups is 1. The number of amides is 2. The lowest BCUT2D eigenvalue weighted by Crippen LogP contribution is -2.28. The SMILES string of the molecule is COc1ccc(C2CN(Cc3cnccc3N)C(=O)N2)cc1OC1CCCC1. The van der Waals surface area contributed by atoms with E-state index in [1.807, 2.05) is 18.2 Å². The molecule has 1 aliphatic heterocycles. The number of nitrogens with zero attached hydrogens (tertiary/aromatic N) is 2. The number of hydrogen-bond acceptors (Lipinski definition) is 5. The summed E-state index contributed by atoms with van der Waals surface area (Å²) in [7, 11) is 1.65. The number of nitrogens with two attached hydrogens (primary N) is 1. The normalized spacial score (nSPS) is 19.7. The number of aromatic nitrogens is 1. The number of hydrogen-bond donors (Lipinski definition) is 2. The Kier molecular flexibility index (Phi) is 5.23. The van der Waals surface area contributed by atoms with Gasteiger partial charge in [0.2, 0.25) is 0 Å². The number of pyridine rings is 1. The molecule has 0 radical (unpaired) electrons. The summed E-state index contributed by atoms with van der Waals surface area (Å²) in [6, 6.07) is 7.41. The number of carbonyl (C=O) groups is 1. The summed E-state index contributed by atoms with van der Waals surface area (Å²) in [5.41, 5.74) is 8.48. The van der Waals surface area contributed by atoms with Gasteiger partial charge in [-0.1, -0.05) is 6.07 Å². The van der Waals surface area contributed by atoms with Gasteiger partial charge in [0.05, 0.1) is 25.8 Å². The monoisotopic (exact) mass is 382 g/mol. The fourth-order valence-electron chi connectivity index (χ4n) is 3.88. The minimum Gasteiger partial charge on any atom is -0.493 e. The molecule has 1 aromatic carbocycles. The molecule has 2 aromatic rings. The number of methoxy groups -OCH3 is 1. The molecule has 2 fully saturated rings. The lowest BCUT2D eigenvalue weighted by atomic mass is 10.1. The van der Waals surface area contributed by atoms with Crippen LogP contribution in [0.15, 0.2) is 36.7 Å².